The molecule has 0 bridgehead atoms. The van der Waals surface area contributed by atoms with E-state index in [-0.39, 0.29) is 0 Å². The van der Waals surface area contributed by atoms with E-state index in [4.69, 9.17) is 9.47 Å². The van der Waals surface area contributed by atoms with E-state index in [1.165, 1.54) is 31.2 Å². The third-order valence-corrected chi connectivity index (χ3v) is 5.14. The molecule has 1 aliphatic carbocycles. The number of rotatable bonds is 10. The number of aryl methyl sites for hydroxylation is 1. The minimum absolute atomic E-state index is 0.746. The summed E-state index contributed by atoms with van der Waals surface area (Å²) < 4.78 is 10.7. The van der Waals surface area contributed by atoms with Crippen LogP contribution in [0.2, 0.25) is 0 Å². The maximum atomic E-state index is 5.38. The van der Waals surface area contributed by atoms with Crippen molar-refractivity contribution in [2.75, 3.05) is 37.9 Å². The van der Waals surface area contributed by atoms with Gasteiger partial charge in [0.15, 0.2) is 11.5 Å². The number of ether oxygens (including phenoxy) is 2. The summed E-state index contributed by atoms with van der Waals surface area (Å²) in [5.41, 5.74) is 2.75. The quantitative estimate of drug-likeness (QED) is 0.565. The van der Waals surface area contributed by atoms with Gasteiger partial charge in [-0.15, -0.1) is 0 Å². The van der Waals surface area contributed by atoms with Gasteiger partial charge in [-0.1, -0.05) is 17.7 Å². The molecule has 0 spiro atoms. The van der Waals surface area contributed by atoms with E-state index in [9.17, 15) is 0 Å². The van der Waals surface area contributed by atoms with Crippen molar-refractivity contribution in [2.45, 2.75) is 45.4 Å². The van der Waals surface area contributed by atoms with Crippen LogP contribution < -0.4 is 20.1 Å². The lowest BCUT2D eigenvalue weighted by Crippen LogP contribution is -2.10. The number of hydrogen-bond acceptors (Lipinski definition) is 6. The number of anilines is 2. The van der Waals surface area contributed by atoms with Crippen molar-refractivity contribution in [3.05, 3.63) is 47.3 Å². The summed E-state index contributed by atoms with van der Waals surface area (Å²) >= 11 is 0. The molecule has 0 fully saturated rings. The second-order valence-corrected chi connectivity index (χ2v) is 7.34. The molecule has 29 heavy (non-hydrogen) atoms. The molecular formula is C23H32N4O2. The van der Waals surface area contributed by atoms with Crippen LogP contribution in [0.4, 0.5) is 11.6 Å². The summed E-state index contributed by atoms with van der Waals surface area (Å²) in [4.78, 5) is 9.02. The topological polar surface area (TPSA) is 68.3 Å². The smallest absolute Gasteiger partial charge is 0.160 e. The molecule has 0 amide bonds. The first-order chi connectivity index (χ1) is 14.2. The average molecular weight is 397 g/mol. The molecule has 2 N–H and O–H groups in total. The lowest BCUT2D eigenvalue weighted by Gasteiger charge is -2.14. The van der Waals surface area contributed by atoms with Crippen LogP contribution >= 0.6 is 0 Å². The van der Waals surface area contributed by atoms with Crippen molar-refractivity contribution in [3.8, 4) is 11.5 Å². The van der Waals surface area contributed by atoms with E-state index in [0.29, 0.717) is 0 Å². The van der Waals surface area contributed by atoms with Crippen LogP contribution in [0, 0.1) is 6.92 Å². The molecule has 0 saturated heterocycles. The highest BCUT2D eigenvalue weighted by Gasteiger charge is 2.07. The van der Waals surface area contributed by atoms with Gasteiger partial charge >= 0.3 is 0 Å². The zero-order valence-electron chi connectivity index (χ0n) is 17.8. The minimum atomic E-state index is 0.746. The van der Waals surface area contributed by atoms with E-state index in [1.807, 2.05) is 25.1 Å². The first-order valence-electron chi connectivity index (χ1n) is 10.4. The number of aromatic nitrogens is 2. The number of methoxy groups -OCH3 is 2. The molecule has 3 rings (SSSR count). The second kappa shape index (κ2) is 10.7. The first-order valence-corrected chi connectivity index (χ1v) is 10.4. The third kappa shape index (κ3) is 6.38. The number of allylic oxidation sites excluding steroid dienone is 1. The summed E-state index contributed by atoms with van der Waals surface area (Å²) in [6, 6.07) is 7.99. The highest BCUT2D eigenvalue weighted by Crippen LogP contribution is 2.27. The van der Waals surface area contributed by atoms with Crippen LogP contribution in [0.1, 0.15) is 43.5 Å². The molecule has 1 aromatic carbocycles. The van der Waals surface area contributed by atoms with Crippen LogP contribution in [0.15, 0.2) is 35.9 Å². The molecule has 6 nitrogen and oxygen atoms in total. The highest BCUT2D eigenvalue weighted by atomic mass is 16.5. The van der Waals surface area contributed by atoms with E-state index < -0.39 is 0 Å². The predicted octanol–water partition coefficient (Wildman–Crippen LogP) is 4.76. The van der Waals surface area contributed by atoms with Crippen molar-refractivity contribution in [2.24, 2.45) is 0 Å². The number of nitrogens with one attached hydrogen (secondary N) is 2. The number of nitrogens with zero attached hydrogens (tertiary/aromatic N) is 2. The minimum Gasteiger partial charge on any atom is -0.493 e. The molecule has 0 atom stereocenters. The Morgan fingerprint density at radius 3 is 2.28 bits per heavy atom. The molecule has 0 saturated carbocycles. The van der Waals surface area contributed by atoms with Crippen LogP contribution in [0.5, 0.6) is 11.5 Å². The van der Waals surface area contributed by atoms with Crippen LogP contribution in [-0.2, 0) is 6.42 Å². The van der Waals surface area contributed by atoms with E-state index in [1.54, 1.807) is 19.8 Å². The standard InChI is InChI=1S/C23H32N4O2/c1-17-26-22(24-13-11-18-7-5-4-6-8-18)16-23(27-17)25-14-12-19-9-10-20(28-2)21(15-19)29-3/h7,9-10,15-16H,4-6,8,11-14H2,1-3H3,(H2,24,25,26,27). The van der Waals surface area contributed by atoms with Crippen LogP contribution in [-0.4, -0.2) is 37.3 Å². The van der Waals surface area contributed by atoms with Crippen molar-refractivity contribution >= 4 is 11.6 Å². The Kier molecular flexibility index (Phi) is 7.73. The van der Waals surface area contributed by atoms with E-state index in [2.05, 4.69) is 32.7 Å². The fraction of sp³-hybridized carbons (Fsp3) is 0.478. The Morgan fingerprint density at radius 1 is 0.897 bits per heavy atom. The molecule has 1 heterocycles. The third-order valence-electron chi connectivity index (χ3n) is 5.14. The van der Waals surface area contributed by atoms with Gasteiger partial charge < -0.3 is 20.1 Å². The van der Waals surface area contributed by atoms with Gasteiger partial charge in [0.25, 0.3) is 0 Å². The predicted molar refractivity (Wildman–Crippen MR) is 118 cm³/mol. The summed E-state index contributed by atoms with van der Waals surface area (Å²) in [5, 5.41) is 6.85. The van der Waals surface area contributed by atoms with Crippen molar-refractivity contribution in [1.29, 1.82) is 0 Å². The Morgan fingerprint density at radius 2 is 1.62 bits per heavy atom. The van der Waals surface area contributed by atoms with E-state index in [0.717, 1.165) is 54.9 Å². The molecule has 0 aliphatic heterocycles. The molecule has 0 radical (unpaired) electrons. The maximum Gasteiger partial charge on any atom is 0.160 e. The first kappa shape index (κ1) is 21.0. The molecule has 156 valence electrons. The largest absolute Gasteiger partial charge is 0.493 e. The van der Waals surface area contributed by atoms with Gasteiger partial charge in [-0.05, 0) is 63.1 Å². The Balaban J connectivity index is 1.51. The summed E-state index contributed by atoms with van der Waals surface area (Å²) in [6.07, 6.45) is 9.49. The van der Waals surface area contributed by atoms with Gasteiger partial charge in [0.2, 0.25) is 0 Å². The van der Waals surface area contributed by atoms with Gasteiger partial charge in [0.1, 0.15) is 17.5 Å². The zero-order valence-corrected chi connectivity index (χ0v) is 17.8. The van der Waals surface area contributed by atoms with Crippen LogP contribution in [0.25, 0.3) is 0 Å². The molecule has 1 aromatic heterocycles. The Hall–Kier alpha value is -2.76. The SMILES string of the molecule is COc1ccc(CCNc2cc(NCCC3=CCCCC3)nc(C)n2)cc1OC. The fourth-order valence-electron chi connectivity index (χ4n) is 3.60. The fourth-order valence-corrected chi connectivity index (χ4v) is 3.60. The van der Waals surface area contributed by atoms with Gasteiger partial charge in [-0.3, -0.25) is 0 Å². The van der Waals surface area contributed by atoms with Crippen molar-refractivity contribution < 1.29 is 9.47 Å². The highest BCUT2D eigenvalue weighted by molar-refractivity contribution is 5.48. The lowest BCUT2D eigenvalue weighted by molar-refractivity contribution is 0.354. The van der Waals surface area contributed by atoms with Crippen molar-refractivity contribution in [1.82, 2.24) is 9.97 Å². The van der Waals surface area contributed by atoms with Gasteiger partial charge in [-0.2, -0.15) is 0 Å². The Bertz CT molecular complexity index is 836. The molecule has 1 aliphatic rings. The summed E-state index contributed by atoms with van der Waals surface area (Å²) in [6.45, 7) is 3.61. The summed E-state index contributed by atoms with van der Waals surface area (Å²) in [7, 11) is 3.30. The average Bonchev–Trinajstić information content (AvgIpc) is 2.74. The van der Waals surface area contributed by atoms with Gasteiger partial charge in [-0.25, -0.2) is 9.97 Å². The van der Waals surface area contributed by atoms with Gasteiger partial charge in [0.05, 0.1) is 14.2 Å². The number of hydrogen-bond donors (Lipinski definition) is 2. The molecule has 6 heteroatoms. The lowest BCUT2D eigenvalue weighted by atomic mass is 9.97. The van der Waals surface area contributed by atoms with E-state index >= 15 is 0 Å². The molecule has 2 aromatic rings. The number of benzene rings is 1. The second-order valence-electron chi connectivity index (χ2n) is 7.34. The molecule has 0 unspecified atom stereocenters. The normalized spacial score (nSPS) is 13.6. The van der Waals surface area contributed by atoms with Crippen molar-refractivity contribution in [3.63, 3.8) is 0 Å². The monoisotopic (exact) mass is 396 g/mol. The zero-order chi connectivity index (χ0) is 20.5. The van der Waals surface area contributed by atoms with Gasteiger partial charge in [0, 0.05) is 19.2 Å². The summed E-state index contributed by atoms with van der Waals surface area (Å²) in [5.74, 6) is 3.98. The Labute approximate surface area is 173 Å². The maximum absolute atomic E-state index is 5.38. The molecular weight excluding hydrogens is 364 g/mol. The van der Waals surface area contributed by atoms with Crippen LogP contribution in [0.3, 0.4) is 0 Å².